The zero-order valence-corrected chi connectivity index (χ0v) is 8.30. The maximum absolute atomic E-state index is 9.49. The first-order chi connectivity index (χ1) is 6.70. The third-order valence-corrected chi connectivity index (χ3v) is 2.14. The molecule has 4 heteroatoms. The quantitative estimate of drug-likeness (QED) is 0.732. The van der Waals surface area contributed by atoms with Crippen LogP contribution in [0, 0.1) is 4.71 Å². The molecule has 1 N–H and O–H groups in total. The van der Waals surface area contributed by atoms with Crippen LogP contribution in [0.4, 0.5) is 0 Å². The highest BCUT2D eigenvalue weighted by atomic mass is 32.1. The molecule has 0 aliphatic carbocycles. The number of hydrogen-bond donors (Lipinski definition) is 1. The molecule has 2 aromatic rings. The molecular formula is C10H8O3S. The minimum Gasteiger partial charge on any atom is -0.504 e. The molecule has 0 fully saturated rings. The molecule has 0 radical (unpaired) electrons. The van der Waals surface area contributed by atoms with Gasteiger partial charge in [-0.3, -0.25) is 0 Å². The zero-order valence-electron chi connectivity index (χ0n) is 7.48. The molecular weight excluding hydrogens is 200 g/mol. The van der Waals surface area contributed by atoms with E-state index in [0.717, 1.165) is 5.39 Å². The van der Waals surface area contributed by atoms with Gasteiger partial charge in [0.25, 0.3) is 0 Å². The maximum Gasteiger partial charge on any atom is 0.190 e. The van der Waals surface area contributed by atoms with E-state index in [2.05, 4.69) is 0 Å². The summed E-state index contributed by atoms with van der Waals surface area (Å²) in [6.45, 7) is 0. The first-order valence-electron chi connectivity index (χ1n) is 4.01. The Bertz CT molecular complexity index is 530. The van der Waals surface area contributed by atoms with Crippen LogP contribution in [0.5, 0.6) is 11.5 Å². The molecule has 0 saturated carbocycles. The van der Waals surface area contributed by atoms with Gasteiger partial charge in [-0.2, -0.15) is 0 Å². The highest BCUT2D eigenvalue weighted by Crippen LogP contribution is 2.30. The molecule has 72 valence electrons. The van der Waals surface area contributed by atoms with E-state index in [0.29, 0.717) is 16.0 Å². The summed E-state index contributed by atoms with van der Waals surface area (Å²) in [6, 6.07) is 6.65. The topological polar surface area (TPSA) is 42.6 Å². The average Bonchev–Trinajstić information content (AvgIpc) is 2.17. The van der Waals surface area contributed by atoms with Crippen molar-refractivity contribution in [2.45, 2.75) is 0 Å². The average molecular weight is 208 g/mol. The lowest BCUT2D eigenvalue weighted by Crippen LogP contribution is -1.83. The van der Waals surface area contributed by atoms with Gasteiger partial charge in [0.15, 0.2) is 16.2 Å². The third kappa shape index (κ3) is 1.44. The number of ether oxygens (including phenoxy) is 1. The van der Waals surface area contributed by atoms with Gasteiger partial charge in [-0.1, -0.05) is 0 Å². The van der Waals surface area contributed by atoms with Crippen LogP contribution in [0.3, 0.4) is 0 Å². The Morgan fingerprint density at radius 1 is 1.36 bits per heavy atom. The van der Waals surface area contributed by atoms with E-state index in [9.17, 15) is 5.11 Å². The monoisotopic (exact) mass is 208 g/mol. The number of phenols is 1. The number of rotatable bonds is 1. The Balaban J connectivity index is 2.80. The van der Waals surface area contributed by atoms with E-state index in [1.807, 2.05) is 0 Å². The van der Waals surface area contributed by atoms with Gasteiger partial charge in [-0.05, 0) is 30.4 Å². The summed E-state index contributed by atoms with van der Waals surface area (Å²) in [6.07, 6.45) is 0. The van der Waals surface area contributed by atoms with Crippen molar-refractivity contribution >= 4 is 23.2 Å². The highest BCUT2D eigenvalue weighted by molar-refractivity contribution is 7.71. The van der Waals surface area contributed by atoms with Crippen molar-refractivity contribution < 1.29 is 14.3 Å². The van der Waals surface area contributed by atoms with E-state index < -0.39 is 0 Å². The van der Waals surface area contributed by atoms with Gasteiger partial charge in [0.1, 0.15) is 5.58 Å². The highest BCUT2D eigenvalue weighted by Gasteiger charge is 2.04. The van der Waals surface area contributed by atoms with Crippen molar-refractivity contribution in [1.82, 2.24) is 0 Å². The summed E-state index contributed by atoms with van der Waals surface area (Å²) in [4.78, 5) is 0. The van der Waals surface area contributed by atoms with Gasteiger partial charge >= 0.3 is 0 Å². The first kappa shape index (κ1) is 9.02. The fraction of sp³-hybridized carbons (Fsp3) is 0.100. The van der Waals surface area contributed by atoms with Crippen LogP contribution < -0.4 is 4.74 Å². The molecule has 0 spiro atoms. The van der Waals surface area contributed by atoms with Gasteiger partial charge in [0.2, 0.25) is 0 Å². The van der Waals surface area contributed by atoms with Crippen LogP contribution in [0.1, 0.15) is 0 Å². The van der Waals surface area contributed by atoms with Crippen molar-refractivity contribution in [2.24, 2.45) is 0 Å². The molecule has 0 atom stereocenters. The van der Waals surface area contributed by atoms with Crippen LogP contribution >= 0.6 is 12.2 Å². The minimum absolute atomic E-state index is 0.0901. The van der Waals surface area contributed by atoms with E-state index in [-0.39, 0.29) is 5.75 Å². The lowest BCUT2D eigenvalue weighted by Gasteiger charge is -2.04. The lowest BCUT2D eigenvalue weighted by molar-refractivity contribution is 0.373. The number of hydrogen-bond acceptors (Lipinski definition) is 4. The number of aromatic hydroxyl groups is 1. The largest absolute Gasteiger partial charge is 0.504 e. The summed E-state index contributed by atoms with van der Waals surface area (Å²) < 4.78 is 10.6. The summed E-state index contributed by atoms with van der Waals surface area (Å²) in [5, 5.41) is 10.3. The fourth-order valence-corrected chi connectivity index (χ4v) is 1.41. The van der Waals surface area contributed by atoms with Gasteiger partial charge in [0, 0.05) is 11.5 Å². The molecule has 14 heavy (non-hydrogen) atoms. The second-order valence-electron chi connectivity index (χ2n) is 2.82. The van der Waals surface area contributed by atoms with Crippen LogP contribution in [0.2, 0.25) is 0 Å². The van der Waals surface area contributed by atoms with Crippen molar-refractivity contribution in [3.8, 4) is 11.5 Å². The standard InChI is InChI=1S/C10H8O3S/c1-12-9-5-8-6(4-7(9)11)2-3-10(14)13-8/h2-5,11H,1H3. The lowest BCUT2D eigenvalue weighted by atomic mass is 10.2. The van der Waals surface area contributed by atoms with E-state index in [1.165, 1.54) is 7.11 Å². The Labute approximate surface area is 85.5 Å². The molecule has 3 nitrogen and oxygen atoms in total. The van der Waals surface area contributed by atoms with Crippen LogP contribution in [-0.2, 0) is 0 Å². The van der Waals surface area contributed by atoms with Gasteiger partial charge < -0.3 is 14.3 Å². The molecule has 1 aromatic heterocycles. The Morgan fingerprint density at radius 2 is 2.14 bits per heavy atom. The molecule has 2 rings (SSSR count). The third-order valence-electron chi connectivity index (χ3n) is 1.92. The molecule has 0 aliphatic heterocycles. The van der Waals surface area contributed by atoms with Crippen molar-refractivity contribution in [2.75, 3.05) is 7.11 Å². The normalized spacial score (nSPS) is 10.4. The Morgan fingerprint density at radius 3 is 2.86 bits per heavy atom. The summed E-state index contributed by atoms with van der Waals surface area (Å²) in [5.74, 6) is 0.467. The second kappa shape index (κ2) is 3.31. The molecule has 0 aliphatic rings. The fourth-order valence-electron chi connectivity index (χ4n) is 1.25. The molecule has 0 unspecified atom stereocenters. The van der Waals surface area contributed by atoms with Crippen LogP contribution in [0.15, 0.2) is 28.7 Å². The summed E-state index contributed by atoms with van der Waals surface area (Å²) in [7, 11) is 1.48. The van der Waals surface area contributed by atoms with E-state index in [1.54, 1.807) is 24.3 Å². The molecule has 1 aromatic carbocycles. The van der Waals surface area contributed by atoms with Crippen molar-refractivity contribution in [3.05, 3.63) is 29.0 Å². The van der Waals surface area contributed by atoms with Crippen LogP contribution in [0.25, 0.3) is 11.0 Å². The smallest absolute Gasteiger partial charge is 0.190 e. The summed E-state index contributed by atoms with van der Waals surface area (Å²) in [5.41, 5.74) is 0.604. The number of phenolic OH excluding ortho intramolecular Hbond substituents is 1. The number of methoxy groups -OCH3 is 1. The maximum atomic E-state index is 9.49. The van der Waals surface area contributed by atoms with Gasteiger partial charge in [-0.15, -0.1) is 0 Å². The van der Waals surface area contributed by atoms with Crippen LogP contribution in [-0.4, -0.2) is 12.2 Å². The van der Waals surface area contributed by atoms with Gasteiger partial charge in [0.05, 0.1) is 7.11 Å². The predicted octanol–water partition coefficient (Wildman–Crippen LogP) is 2.88. The summed E-state index contributed by atoms with van der Waals surface area (Å²) >= 11 is 4.88. The SMILES string of the molecule is COc1cc2oc(=S)ccc2cc1O. The molecule has 1 heterocycles. The molecule has 0 amide bonds. The first-order valence-corrected chi connectivity index (χ1v) is 4.42. The van der Waals surface area contributed by atoms with Crippen molar-refractivity contribution in [1.29, 1.82) is 0 Å². The number of fused-ring (bicyclic) bond motifs is 1. The van der Waals surface area contributed by atoms with E-state index >= 15 is 0 Å². The Kier molecular flexibility index (Phi) is 2.13. The second-order valence-corrected chi connectivity index (χ2v) is 3.22. The molecule has 0 saturated heterocycles. The Hall–Kier alpha value is -1.55. The van der Waals surface area contributed by atoms with Crippen molar-refractivity contribution in [3.63, 3.8) is 0 Å². The zero-order chi connectivity index (χ0) is 10.1. The van der Waals surface area contributed by atoms with E-state index in [4.69, 9.17) is 21.4 Å². The molecule has 0 bridgehead atoms. The number of benzene rings is 1. The predicted molar refractivity (Wildman–Crippen MR) is 55.3 cm³/mol. The van der Waals surface area contributed by atoms with Gasteiger partial charge in [-0.25, -0.2) is 0 Å². The minimum atomic E-state index is 0.0901.